The number of carbonyl (C=O) groups is 1. The highest BCUT2D eigenvalue weighted by atomic mass is 32.1. The van der Waals surface area contributed by atoms with Gasteiger partial charge in [0.1, 0.15) is 0 Å². The van der Waals surface area contributed by atoms with Gasteiger partial charge in [-0.3, -0.25) is 0 Å². The molecule has 0 saturated heterocycles. The molecule has 0 fully saturated rings. The van der Waals surface area contributed by atoms with E-state index >= 15 is 0 Å². The van der Waals surface area contributed by atoms with Gasteiger partial charge in [-0.25, -0.2) is 4.79 Å². The molecular formula is C11H15NO2S. The maximum Gasteiger partial charge on any atom is 0.328 e. The van der Waals surface area contributed by atoms with E-state index in [4.69, 9.17) is 5.11 Å². The smallest absolute Gasteiger partial charge is 0.328 e. The lowest BCUT2D eigenvalue weighted by Crippen LogP contribution is -2.19. The summed E-state index contributed by atoms with van der Waals surface area (Å²) in [4.78, 5) is 10.3. The average Bonchev–Trinajstić information content (AvgIpc) is 2.63. The highest BCUT2D eigenvalue weighted by molar-refractivity contribution is 7.07. The zero-order valence-electron chi connectivity index (χ0n) is 8.69. The molecule has 0 radical (unpaired) electrons. The Morgan fingerprint density at radius 2 is 2.47 bits per heavy atom. The highest BCUT2D eigenvalue weighted by Gasteiger charge is 1.95. The Balaban J connectivity index is 2.14. The SMILES string of the molecule is C/C(=C/C(=O)O)CNCCc1ccsc1. The van der Waals surface area contributed by atoms with Crippen LogP contribution < -0.4 is 5.32 Å². The molecule has 0 saturated carbocycles. The van der Waals surface area contributed by atoms with E-state index in [1.807, 2.05) is 6.92 Å². The molecule has 0 aliphatic carbocycles. The van der Waals surface area contributed by atoms with Crippen molar-refractivity contribution in [1.29, 1.82) is 0 Å². The molecule has 3 nitrogen and oxygen atoms in total. The van der Waals surface area contributed by atoms with Gasteiger partial charge in [-0.05, 0) is 42.3 Å². The number of rotatable bonds is 6. The van der Waals surface area contributed by atoms with Crippen LogP contribution in [0.5, 0.6) is 0 Å². The molecule has 1 aromatic rings. The van der Waals surface area contributed by atoms with Crippen LogP contribution in [0.4, 0.5) is 0 Å². The molecule has 0 atom stereocenters. The van der Waals surface area contributed by atoms with Crippen molar-refractivity contribution in [2.45, 2.75) is 13.3 Å². The quantitative estimate of drug-likeness (QED) is 0.574. The van der Waals surface area contributed by atoms with Gasteiger partial charge in [0.25, 0.3) is 0 Å². The second kappa shape index (κ2) is 6.37. The Morgan fingerprint density at radius 1 is 1.67 bits per heavy atom. The van der Waals surface area contributed by atoms with Crippen molar-refractivity contribution in [3.05, 3.63) is 34.0 Å². The first-order valence-electron chi connectivity index (χ1n) is 4.80. The predicted molar refractivity (Wildman–Crippen MR) is 62.3 cm³/mol. The van der Waals surface area contributed by atoms with Crippen LogP contribution in [-0.4, -0.2) is 24.2 Å². The first-order valence-corrected chi connectivity index (χ1v) is 5.74. The number of thiophene rings is 1. The van der Waals surface area contributed by atoms with Gasteiger partial charge in [-0.1, -0.05) is 5.57 Å². The Hall–Kier alpha value is -1.13. The van der Waals surface area contributed by atoms with E-state index in [1.165, 1.54) is 11.6 Å². The van der Waals surface area contributed by atoms with E-state index in [0.717, 1.165) is 18.5 Å². The molecule has 0 bridgehead atoms. The van der Waals surface area contributed by atoms with E-state index in [-0.39, 0.29) is 0 Å². The molecule has 1 rings (SSSR count). The number of hydrogen-bond acceptors (Lipinski definition) is 3. The summed E-state index contributed by atoms with van der Waals surface area (Å²) < 4.78 is 0. The summed E-state index contributed by atoms with van der Waals surface area (Å²) in [6, 6.07) is 2.10. The summed E-state index contributed by atoms with van der Waals surface area (Å²) in [6.07, 6.45) is 2.22. The lowest BCUT2D eigenvalue weighted by Gasteiger charge is -2.03. The number of carboxylic acid groups (broad SMARTS) is 1. The summed E-state index contributed by atoms with van der Waals surface area (Å²) in [6.45, 7) is 3.32. The van der Waals surface area contributed by atoms with Gasteiger partial charge < -0.3 is 10.4 Å². The molecule has 0 aliphatic heterocycles. The largest absolute Gasteiger partial charge is 0.478 e. The molecule has 0 spiro atoms. The van der Waals surface area contributed by atoms with Gasteiger partial charge in [0.05, 0.1) is 0 Å². The van der Waals surface area contributed by atoms with Crippen LogP contribution >= 0.6 is 11.3 Å². The van der Waals surface area contributed by atoms with Crippen molar-refractivity contribution in [3.8, 4) is 0 Å². The van der Waals surface area contributed by atoms with Gasteiger partial charge in [0, 0.05) is 12.6 Å². The third-order valence-corrected chi connectivity index (χ3v) is 2.68. The van der Waals surface area contributed by atoms with Gasteiger partial charge in [-0.2, -0.15) is 11.3 Å². The molecule has 0 aromatic carbocycles. The highest BCUT2D eigenvalue weighted by Crippen LogP contribution is 2.05. The number of carboxylic acids is 1. The Kier molecular flexibility index (Phi) is 5.07. The van der Waals surface area contributed by atoms with Gasteiger partial charge in [0.2, 0.25) is 0 Å². The van der Waals surface area contributed by atoms with E-state index in [9.17, 15) is 4.79 Å². The van der Waals surface area contributed by atoms with Crippen molar-refractivity contribution in [2.24, 2.45) is 0 Å². The van der Waals surface area contributed by atoms with Crippen molar-refractivity contribution >= 4 is 17.3 Å². The van der Waals surface area contributed by atoms with Crippen LogP contribution in [-0.2, 0) is 11.2 Å². The fraction of sp³-hybridized carbons (Fsp3) is 0.364. The van der Waals surface area contributed by atoms with Crippen molar-refractivity contribution in [1.82, 2.24) is 5.32 Å². The molecule has 1 aromatic heterocycles. The van der Waals surface area contributed by atoms with Crippen LogP contribution in [0, 0.1) is 0 Å². The minimum absolute atomic E-state index is 0.635. The summed E-state index contributed by atoms with van der Waals surface area (Å²) in [7, 11) is 0. The monoisotopic (exact) mass is 225 g/mol. The predicted octanol–water partition coefficient (Wildman–Crippen LogP) is 1.91. The Bertz CT molecular complexity index is 330. The summed E-state index contributed by atoms with van der Waals surface area (Å²) >= 11 is 1.70. The summed E-state index contributed by atoms with van der Waals surface area (Å²) in [5, 5.41) is 15.9. The van der Waals surface area contributed by atoms with Gasteiger partial charge in [0.15, 0.2) is 0 Å². The standard InChI is InChI=1S/C11H15NO2S/c1-9(6-11(13)14)7-12-4-2-10-3-5-15-8-10/h3,5-6,8,12H,2,4,7H2,1H3,(H,13,14)/b9-6-. The normalized spacial score (nSPS) is 11.7. The molecule has 0 amide bonds. The van der Waals surface area contributed by atoms with E-state index in [0.29, 0.717) is 6.54 Å². The molecule has 82 valence electrons. The minimum atomic E-state index is -0.882. The van der Waals surface area contributed by atoms with Crippen LogP contribution in [0.2, 0.25) is 0 Å². The molecule has 15 heavy (non-hydrogen) atoms. The zero-order valence-corrected chi connectivity index (χ0v) is 9.51. The van der Waals surface area contributed by atoms with E-state index in [1.54, 1.807) is 11.3 Å². The van der Waals surface area contributed by atoms with Crippen LogP contribution in [0.15, 0.2) is 28.5 Å². The second-order valence-corrected chi connectivity index (χ2v) is 4.17. The average molecular weight is 225 g/mol. The first-order chi connectivity index (χ1) is 7.18. The third kappa shape index (κ3) is 5.34. The molecule has 4 heteroatoms. The fourth-order valence-electron chi connectivity index (χ4n) is 1.22. The Labute approximate surface area is 93.4 Å². The molecule has 1 heterocycles. The van der Waals surface area contributed by atoms with E-state index in [2.05, 4.69) is 22.1 Å². The van der Waals surface area contributed by atoms with E-state index < -0.39 is 5.97 Å². The van der Waals surface area contributed by atoms with Crippen LogP contribution in [0.3, 0.4) is 0 Å². The number of nitrogens with one attached hydrogen (secondary N) is 1. The molecule has 2 N–H and O–H groups in total. The lowest BCUT2D eigenvalue weighted by atomic mass is 10.2. The van der Waals surface area contributed by atoms with Gasteiger partial charge >= 0.3 is 5.97 Å². The van der Waals surface area contributed by atoms with Crippen molar-refractivity contribution in [2.75, 3.05) is 13.1 Å². The first kappa shape index (κ1) is 11.9. The van der Waals surface area contributed by atoms with Crippen LogP contribution in [0.1, 0.15) is 12.5 Å². The zero-order chi connectivity index (χ0) is 11.1. The van der Waals surface area contributed by atoms with Crippen molar-refractivity contribution in [3.63, 3.8) is 0 Å². The molecule has 0 aliphatic rings. The Morgan fingerprint density at radius 3 is 3.07 bits per heavy atom. The van der Waals surface area contributed by atoms with Gasteiger partial charge in [-0.15, -0.1) is 0 Å². The number of aliphatic carboxylic acids is 1. The third-order valence-electron chi connectivity index (χ3n) is 1.94. The fourth-order valence-corrected chi connectivity index (χ4v) is 1.92. The molecular weight excluding hydrogens is 210 g/mol. The summed E-state index contributed by atoms with van der Waals surface area (Å²) in [5.41, 5.74) is 2.17. The number of hydrogen-bond donors (Lipinski definition) is 2. The maximum atomic E-state index is 10.3. The lowest BCUT2D eigenvalue weighted by molar-refractivity contribution is -0.131. The summed E-state index contributed by atoms with van der Waals surface area (Å²) in [5.74, 6) is -0.882. The maximum absolute atomic E-state index is 10.3. The van der Waals surface area contributed by atoms with Crippen LogP contribution in [0.25, 0.3) is 0 Å². The topological polar surface area (TPSA) is 49.3 Å². The van der Waals surface area contributed by atoms with Crippen molar-refractivity contribution < 1.29 is 9.90 Å². The molecule has 0 unspecified atom stereocenters. The minimum Gasteiger partial charge on any atom is -0.478 e. The second-order valence-electron chi connectivity index (χ2n) is 3.39.